The molecule has 2 rings (SSSR count). The Morgan fingerprint density at radius 2 is 2.35 bits per heavy atom. The molecule has 6 heteroatoms. The van der Waals surface area contributed by atoms with Crippen LogP contribution in [0.4, 0.5) is 0 Å². The lowest BCUT2D eigenvalue weighted by molar-refractivity contribution is 0.492. The van der Waals surface area contributed by atoms with Gasteiger partial charge in [0.25, 0.3) is 0 Å². The van der Waals surface area contributed by atoms with E-state index in [1.807, 2.05) is 19.3 Å². The average Bonchev–Trinajstić information content (AvgIpc) is 2.63. The normalized spacial score (nSPS) is 25.6. The Bertz CT molecular complexity index is 481. The molecule has 17 heavy (non-hydrogen) atoms. The average molecular weight is 257 g/mol. The smallest absolute Gasteiger partial charge is 0.154 e. The molecule has 1 fully saturated rings. The number of nitrogens with two attached hydrogens (primary N) is 1. The molecule has 0 amide bonds. The molecule has 1 aliphatic rings. The first-order valence-corrected chi connectivity index (χ1v) is 7.66. The summed E-state index contributed by atoms with van der Waals surface area (Å²) < 4.78 is 25.5. The lowest BCUT2D eigenvalue weighted by atomic mass is 10.0. The van der Waals surface area contributed by atoms with Crippen molar-refractivity contribution in [3.63, 3.8) is 0 Å². The molecular weight excluding hydrogens is 238 g/mol. The van der Waals surface area contributed by atoms with Crippen LogP contribution in [0.25, 0.3) is 0 Å². The van der Waals surface area contributed by atoms with Gasteiger partial charge in [0.2, 0.25) is 0 Å². The summed E-state index contributed by atoms with van der Waals surface area (Å²) >= 11 is 0. The molecule has 0 radical (unpaired) electrons. The van der Waals surface area contributed by atoms with Gasteiger partial charge in [0.05, 0.1) is 16.7 Å². The summed E-state index contributed by atoms with van der Waals surface area (Å²) in [7, 11) is -1.16. The van der Waals surface area contributed by atoms with Gasteiger partial charge in [-0.3, -0.25) is 4.68 Å². The van der Waals surface area contributed by atoms with Crippen LogP contribution in [0.5, 0.6) is 0 Å². The van der Waals surface area contributed by atoms with Gasteiger partial charge in [0, 0.05) is 25.7 Å². The van der Waals surface area contributed by atoms with E-state index in [1.54, 1.807) is 4.68 Å². The Morgan fingerprint density at radius 1 is 1.59 bits per heavy atom. The van der Waals surface area contributed by atoms with Gasteiger partial charge >= 0.3 is 0 Å². The zero-order chi connectivity index (χ0) is 12.5. The lowest BCUT2D eigenvalue weighted by Crippen LogP contribution is -2.44. The van der Waals surface area contributed by atoms with Gasteiger partial charge in [-0.2, -0.15) is 5.10 Å². The van der Waals surface area contributed by atoms with Crippen LogP contribution in [0, 0.1) is 0 Å². The number of rotatable bonds is 3. The van der Waals surface area contributed by atoms with E-state index < -0.39 is 15.1 Å². The largest absolute Gasteiger partial charge is 0.326 e. The van der Waals surface area contributed by atoms with Crippen molar-refractivity contribution in [3.05, 3.63) is 18.0 Å². The third-order valence-corrected chi connectivity index (χ3v) is 5.69. The molecule has 1 saturated heterocycles. The standard InChI is InChI=1S/C11H19N3O2S/c1-14-6-5-9(13-14)8-10(12)11-4-2-3-7-17(11,15)16/h5-6,10-11H,2-4,7-8,12H2,1H3. The Labute approximate surface area is 102 Å². The van der Waals surface area contributed by atoms with Crippen molar-refractivity contribution in [2.75, 3.05) is 5.75 Å². The van der Waals surface area contributed by atoms with E-state index in [4.69, 9.17) is 5.73 Å². The van der Waals surface area contributed by atoms with Crippen molar-refractivity contribution in [3.8, 4) is 0 Å². The Morgan fingerprint density at radius 3 is 2.94 bits per heavy atom. The van der Waals surface area contributed by atoms with E-state index in [-0.39, 0.29) is 11.8 Å². The van der Waals surface area contributed by atoms with E-state index in [9.17, 15) is 8.42 Å². The Balaban J connectivity index is 2.06. The number of sulfone groups is 1. The van der Waals surface area contributed by atoms with E-state index in [1.165, 1.54) is 0 Å². The van der Waals surface area contributed by atoms with Gasteiger partial charge in [0.1, 0.15) is 0 Å². The fraction of sp³-hybridized carbons (Fsp3) is 0.727. The van der Waals surface area contributed by atoms with Gasteiger partial charge in [-0.1, -0.05) is 6.42 Å². The number of aryl methyl sites for hydroxylation is 1. The summed E-state index contributed by atoms with van der Waals surface area (Å²) in [6.07, 6.45) is 4.80. The second-order valence-electron chi connectivity index (χ2n) is 4.75. The van der Waals surface area contributed by atoms with Crippen LogP contribution in [0.1, 0.15) is 25.0 Å². The summed E-state index contributed by atoms with van der Waals surface area (Å²) in [6, 6.07) is 1.55. The van der Waals surface area contributed by atoms with Gasteiger partial charge in [0.15, 0.2) is 9.84 Å². The van der Waals surface area contributed by atoms with Crippen LogP contribution >= 0.6 is 0 Å². The summed E-state index contributed by atoms with van der Waals surface area (Å²) in [4.78, 5) is 0. The minimum absolute atomic E-state index is 0.285. The van der Waals surface area contributed by atoms with Crippen molar-refractivity contribution >= 4 is 9.84 Å². The monoisotopic (exact) mass is 257 g/mol. The molecule has 2 N–H and O–H groups in total. The second kappa shape index (κ2) is 4.78. The summed E-state index contributed by atoms with van der Waals surface area (Å²) in [5.41, 5.74) is 6.90. The highest BCUT2D eigenvalue weighted by molar-refractivity contribution is 7.92. The van der Waals surface area contributed by atoms with Crippen LogP contribution in [-0.2, 0) is 23.3 Å². The molecule has 1 aliphatic heterocycles. The molecule has 5 nitrogen and oxygen atoms in total. The summed E-state index contributed by atoms with van der Waals surface area (Å²) in [5.74, 6) is 0.285. The predicted octanol–water partition coefficient (Wildman–Crippen LogP) is 0.257. The zero-order valence-electron chi connectivity index (χ0n) is 10.0. The first-order valence-electron chi connectivity index (χ1n) is 5.95. The maximum atomic E-state index is 11.9. The predicted molar refractivity (Wildman–Crippen MR) is 66.3 cm³/mol. The number of hydrogen-bond acceptors (Lipinski definition) is 4. The van der Waals surface area contributed by atoms with E-state index in [0.717, 1.165) is 18.5 Å². The van der Waals surface area contributed by atoms with E-state index >= 15 is 0 Å². The fourth-order valence-corrected chi connectivity index (χ4v) is 4.47. The van der Waals surface area contributed by atoms with Gasteiger partial charge in [-0.25, -0.2) is 8.42 Å². The second-order valence-corrected chi connectivity index (χ2v) is 7.09. The van der Waals surface area contributed by atoms with Crippen LogP contribution < -0.4 is 5.73 Å². The quantitative estimate of drug-likeness (QED) is 0.842. The molecule has 2 unspecified atom stereocenters. The number of aromatic nitrogens is 2. The fourth-order valence-electron chi connectivity index (χ4n) is 2.41. The maximum absolute atomic E-state index is 11.9. The molecule has 2 atom stereocenters. The van der Waals surface area contributed by atoms with E-state index in [2.05, 4.69) is 5.10 Å². The van der Waals surface area contributed by atoms with Crippen molar-refractivity contribution < 1.29 is 8.42 Å². The minimum Gasteiger partial charge on any atom is -0.326 e. The van der Waals surface area contributed by atoms with Crippen molar-refractivity contribution in [2.45, 2.75) is 37.0 Å². The highest BCUT2D eigenvalue weighted by atomic mass is 32.2. The van der Waals surface area contributed by atoms with Crippen molar-refractivity contribution in [1.29, 1.82) is 0 Å². The molecule has 0 aromatic carbocycles. The summed E-state index contributed by atoms with van der Waals surface area (Å²) in [6.45, 7) is 0. The maximum Gasteiger partial charge on any atom is 0.154 e. The highest BCUT2D eigenvalue weighted by Gasteiger charge is 2.33. The SMILES string of the molecule is Cn1ccc(CC(N)C2CCCCS2(=O)=O)n1. The molecule has 0 bridgehead atoms. The highest BCUT2D eigenvalue weighted by Crippen LogP contribution is 2.22. The Kier molecular flexibility index (Phi) is 3.53. The molecular formula is C11H19N3O2S. The molecule has 2 heterocycles. The zero-order valence-corrected chi connectivity index (χ0v) is 10.9. The molecule has 0 spiro atoms. The van der Waals surface area contributed by atoms with Crippen molar-refractivity contribution in [2.24, 2.45) is 12.8 Å². The topological polar surface area (TPSA) is 78.0 Å². The van der Waals surface area contributed by atoms with Gasteiger partial charge in [-0.05, 0) is 18.9 Å². The molecule has 96 valence electrons. The molecule has 0 saturated carbocycles. The molecule has 1 aromatic heterocycles. The molecule has 0 aliphatic carbocycles. The van der Waals surface area contributed by atoms with Crippen molar-refractivity contribution in [1.82, 2.24) is 9.78 Å². The first kappa shape index (κ1) is 12.6. The number of nitrogens with zero attached hydrogens (tertiary/aromatic N) is 2. The number of hydrogen-bond donors (Lipinski definition) is 1. The van der Waals surface area contributed by atoms with Crippen LogP contribution in [0.2, 0.25) is 0 Å². The van der Waals surface area contributed by atoms with Gasteiger partial charge < -0.3 is 5.73 Å². The third-order valence-electron chi connectivity index (χ3n) is 3.32. The van der Waals surface area contributed by atoms with Gasteiger partial charge in [-0.15, -0.1) is 0 Å². The first-order chi connectivity index (χ1) is 7.99. The van der Waals surface area contributed by atoms with Crippen LogP contribution in [0.3, 0.4) is 0 Å². The minimum atomic E-state index is -3.00. The van der Waals surface area contributed by atoms with Crippen LogP contribution in [0.15, 0.2) is 12.3 Å². The third kappa shape index (κ3) is 2.87. The van der Waals surface area contributed by atoms with Crippen LogP contribution in [-0.4, -0.2) is 35.2 Å². The lowest BCUT2D eigenvalue weighted by Gasteiger charge is -2.27. The summed E-state index contributed by atoms with van der Waals surface area (Å²) in [5, 5.41) is 3.84. The Hall–Kier alpha value is -0.880. The van der Waals surface area contributed by atoms with E-state index in [0.29, 0.717) is 12.8 Å². The molecule has 1 aromatic rings.